The molecule has 0 N–H and O–H groups in total. The third-order valence-electron chi connectivity index (χ3n) is 1.34. The van der Waals surface area contributed by atoms with Crippen LogP contribution in [0.15, 0.2) is 30.3 Å². The summed E-state index contributed by atoms with van der Waals surface area (Å²) in [6.45, 7) is 5.28. The minimum absolute atomic E-state index is 1.03. The quantitative estimate of drug-likeness (QED) is 0.674. The van der Waals surface area contributed by atoms with Crippen molar-refractivity contribution in [3.63, 3.8) is 0 Å². The number of hydrogen-bond acceptors (Lipinski definition) is 1. The van der Waals surface area contributed by atoms with Gasteiger partial charge in [-0.3, -0.25) is 0 Å². The second-order valence-corrected chi connectivity index (χ2v) is 3.43. The molecular weight excluding hydrogens is 158 g/mol. The smallest absolute Gasteiger partial charge is 0.0227 e. The zero-order valence-electron chi connectivity index (χ0n) is 9.25. The molecule has 1 aromatic carbocycles. The summed E-state index contributed by atoms with van der Waals surface area (Å²) in [6.07, 6.45) is 1.25. The molecule has 0 bridgehead atoms. The maximum atomic E-state index is 2.16. The highest BCUT2D eigenvalue weighted by Crippen LogP contribution is 1.99. The first-order valence-electron chi connectivity index (χ1n) is 4.89. The van der Waals surface area contributed by atoms with Gasteiger partial charge < -0.3 is 4.90 Å². The van der Waals surface area contributed by atoms with Crippen molar-refractivity contribution < 1.29 is 0 Å². The normalized spacial score (nSPS) is 9.31. The summed E-state index contributed by atoms with van der Waals surface area (Å²) >= 11 is 0. The van der Waals surface area contributed by atoms with Crippen molar-refractivity contribution in [3.8, 4) is 0 Å². The Morgan fingerprint density at radius 3 is 1.85 bits per heavy atom. The van der Waals surface area contributed by atoms with Gasteiger partial charge in [-0.15, -0.1) is 0 Å². The molecule has 74 valence electrons. The number of rotatable bonds is 2. The maximum Gasteiger partial charge on any atom is 0.0227 e. The molecule has 0 aliphatic carbocycles. The minimum atomic E-state index is 1.03. The average Bonchev–Trinajstić information content (AvgIpc) is 2.06. The van der Waals surface area contributed by atoms with E-state index in [1.807, 2.05) is 6.07 Å². The molecule has 0 spiro atoms. The van der Waals surface area contributed by atoms with E-state index in [9.17, 15) is 0 Å². The Bertz CT molecular complexity index is 192. The molecule has 1 heteroatoms. The Morgan fingerprint density at radius 2 is 1.46 bits per heavy atom. The average molecular weight is 179 g/mol. The zero-order valence-corrected chi connectivity index (χ0v) is 9.25. The van der Waals surface area contributed by atoms with E-state index in [0.717, 1.165) is 6.54 Å². The molecule has 13 heavy (non-hydrogen) atoms. The molecule has 0 saturated heterocycles. The second kappa shape index (κ2) is 7.81. The van der Waals surface area contributed by atoms with Gasteiger partial charge in [-0.1, -0.05) is 50.6 Å². The Balaban J connectivity index is 0.000000424. The first-order chi connectivity index (χ1) is 6.20. The number of hydrogen-bond donors (Lipinski definition) is 0. The molecule has 0 aromatic heterocycles. The van der Waals surface area contributed by atoms with Crippen molar-refractivity contribution in [1.82, 2.24) is 4.90 Å². The largest absolute Gasteiger partial charge is 0.305 e. The molecule has 1 aromatic rings. The fraction of sp³-hybridized carbons (Fsp3) is 0.500. The third kappa shape index (κ3) is 7.54. The summed E-state index contributed by atoms with van der Waals surface area (Å²) in [5, 5.41) is 0. The van der Waals surface area contributed by atoms with Crippen LogP contribution >= 0.6 is 0 Å². The van der Waals surface area contributed by atoms with Crippen molar-refractivity contribution in [2.75, 3.05) is 14.1 Å². The molecule has 0 fully saturated rings. The Labute approximate surface area is 82.4 Å². The van der Waals surface area contributed by atoms with Gasteiger partial charge in [0, 0.05) is 6.54 Å². The lowest BCUT2D eigenvalue weighted by Crippen LogP contribution is -2.10. The van der Waals surface area contributed by atoms with Gasteiger partial charge in [-0.25, -0.2) is 0 Å². The molecule has 0 atom stereocenters. The second-order valence-electron chi connectivity index (χ2n) is 3.43. The first kappa shape index (κ1) is 12.2. The van der Waals surface area contributed by atoms with Crippen LogP contribution in [-0.2, 0) is 6.54 Å². The van der Waals surface area contributed by atoms with Crippen molar-refractivity contribution in [1.29, 1.82) is 0 Å². The summed E-state index contributed by atoms with van der Waals surface area (Å²) in [4.78, 5) is 2.16. The van der Waals surface area contributed by atoms with Gasteiger partial charge in [-0.2, -0.15) is 0 Å². The van der Waals surface area contributed by atoms with E-state index in [1.54, 1.807) is 0 Å². The lowest BCUT2D eigenvalue weighted by molar-refractivity contribution is 0.402. The van der Waals surface area contributed by atoms with Crippen LogP contribution in [0.25, 0.3) is 0 Å². The van der Waals surface area contributed by atoms with E-state index in [-0.39, 0.29) is 0 Å². The molecule has 1 rings (SSSR count). The Morgan fingerprint density at radius 1 is 1.00 bits per heavy atom. The minimum Gasteiger partial charge on any atom is -0.305 e. The van der Waals surface area contributed by atoms with Gasteiger partial charge in [0.05, 0.1) is 0 Å². The summed E-state index contributed by atoms with van der Waals surface area (Å²) in [7, 11) is 4.15. The molecule has 0 unspecified atom stereocenters. The fourth-order valence-corrected chi connectivity index (χ4v) is 0.949. The van der Waals surface area contributed by atoms with Crippen molar-refractivity contribution in [3.05, 3.63) is 35.9 Å². The van der Waals surface area contributed by atoms with E-state index in [2.05, 4.69) is 57.1 Å². The first-order valence-corrected chi connectivity index (χ1v) is 4.89. The van der Waals surface area contributed by atoms with Crippen molar-refractivity contribution in [2.24, 2.45) is 0 Å². The SMILES string of the molecule is CCC.CN(C)Cc1ccccc1. The van der Waals surface area contributed by atoms with E-state index in [1.165, 1.54) is 12.0 Å². The highest BCUT2D eigenvalue weighted by Gasteiger charge is 1.90. The van der Waals surface area contributed by atoms with Gasteiger partial charge in [0.25, 0.3) is 0 Å². The molecule has 1 nitrogen and oxygen atoms in total. The van der Waals surface area contributed by atoms with E-state index in [4.69, 9.17) is 0 Å². The molecule has 0 radical (unpaired) electrons. The van der Waals surface area contributed by atoms with Gasteiger partial charge in [0.1, 0.15) is 0 Å². The zero-order chi connectivity index (χ0) is 10.1. The Hall–Kier alpha value is -0.820. The lowest BCUT2D eigenvalue weighted by atomic mass is 10.2. The maximum absolute atomic E-state index is 2.16. The van der Waals surface area contributed by atoms with Crippen LogP contribution in [0.5, 0.6) is 0 Å². The van der Waals surface area contributed by atoms with E-state index in [0.29, 0.717) is 0 Å². The van der Waals surface area contributed by atoms with Crippen LogP contribution < -0.4 is 0 Å². The molecule has 0 aliphatic rings. The number of nitrogens with zero attached hydrogens (tertiary/aromatic N) is 1. The van der Waals surface area contributed by atoms with Crippen LogP contribution in [0.4, 0.5) is 0 Å². The molecule has 0 saturated carbocycles. The lowest BCUT2D eigenvalue weighted by Gasteiger charge is -2.08. The predicted octanol–water partition coefficient (Wildman–Crippen LogP) is 3.16. The fourth-order valence-electron chi connectivity index (χ4n) is 0.949. The van der Waals surface area contributed by atoms with Crippen LogP contribution in [0.2, 0.25) is 0 Å². The standard InChI is InChI=1S/C9H13N.C3H8/c1-10(2)8-9-6-4-3-5-7-9;1-3-2/h3-7H,8H2,1-2H3;3H2,1-2H3. The molecular formula is C12H21N. The van der Waals surface area contributed by atoms with Crippen molar-refractivity contribution in [2.45, 2.75) is 26.8 Å². The molecule has 0 heterocycles. The van der Waals surface area contributed by atoms with E-state index < -0.39 is 0 Å². The van der Waals surface area contributed by atoms with Crippen LogP contribution in [0, 0.1) is 0 Å². The van der Waals surface area contributed by atoms with Gasteiger partial charge in [0.2, 0.25) is 0 Å². The van der Waals surface area contributed by atoms with Gasteiger partial charge >= 0.3 is 0 Å². The summed E-state index contributed by atoms with van der Waals surface area (Å²) in [5.74, 6) is 0. The summed E-state index contributed by atoms with van der Waals surface area (Å²) in [5.41, 5.74) is 1.37. The predicted molar refractivity (Wildman–Crippen MR) is 59.8 cm³/mol. The van der Waals surface area contributed by atoms with Crippen LogP contribution in [0.1, 0.15) is 25.8 Å². The van der Waals surface area contributed by atoms with Gasteiger partial charge in [0.15, 0.2) is 0 Å². The van der Waals surface area contributed by atoms with E-state index >= 15 is 0 Å². The van der Waals surface area contributed by atoms with Crippen molar-refractivity contribution >= 4 is 0 Å². The highest BCUT2D eigenvalue weighted by atomic mass is 15.0. The number of benzene rings is 1. The molecule has 0 amide bonds. The summed E-state index contributed by atoms with van der Waals surface area (Å²) < 4.78 is 0. The van der Waals surface area contributed by atoms with Gasteiger partial charge in [-0.05, 0) is 19.7 Å². The monoisotopic (exact) mass is 179 g/mol. The highest BCUT2D eigenvalue weighted by molar-refractivity contribution is 5.14. The molecule has 0 aliphatic heterocycles. The van der Waals surface area contributed by atoms with Crippen LogP contribution in [0.3, 0.4) is 0 Å². The van der Waals surface area contributed by atoms with Crippen LogP contribution in [-0.4, -0.2) is 19.0 Å². The topological polar surface area (TPSA) is 3.24 Å². The summed E-state index contributed by atoms with van der Waals surface area (Å²) in [6, 6.07) is 10.5. The Kier molecular flexibility index (Phi) is 7.32. The third-order valence-corrected chi connectivity index (χ3v) is 1.34.